The molecular formula is C16H14Cl2FN. The lowest BCUT2D eigenvalue weighted by Gasteiger charge is -2.13. The number of hydrogen-bond acceptors (Lipinski definition) is 1. The molecule has 0 atom stereocenters. The maximum Gasteiger partial charge on any atom is 0.126 e. The zero-order valence-electron chi connectivity index (χ0n) is 10.8. The molecule has 0 amide bonds. The van der Waals surface area contributed by atoms with Gasteiger partial charge < -0.3 is 5.32 Å². The van der Waals surface area contributed by atoms with Crippen molar-refractivity contribution < 1.29 is 4.39 Å². The van der Waals surface area contributed by atoms with Crippen LogP contribution in [0.2, 0.25) is 10.0 Å². The molecule has 4 heteroatoms. The number of halogens is 3. The summed E-state index contributed by atoms with van der Waals surface area (Å²) in [5.74, 6) is 0.260. The Kier molecular flexibility index (Phi) is 3.86. The largest absolute Gasteiger partial charge is 0.379 e. The molecule has 0 aliphatic heterocycles. The summed E-state index contributed by atoms with van der Waals surface area (Å²) in [6.45, 7) is 0.637. The van der Waals surface area contributed by atoms with E-state index < -0.39 is 5.82 Å². The van der Waals surface area contributed by atoms with Gasteiger partial charge in [0.2, 0.25) is 0 Å². The zero-order valence-corrected chi connectivity index (χ0v) is 12.3. The van der Waals surface area contributed by atoms with E-state index in [0.717, 1.165) is 0 Å². The fraction of sp³-hybridized carbons (Fsp3) is 0.250. The van der Waals surface area contributed by atoms with Crippen LogP contribution in [-0.2, 0) is 6.54 Å². The third-order valence-corrected chi connectivity index (χ3v) is 4.13. The third kappa shape index (κ3) is 2.92. The smallest absolute Gasteiger partial charge is 0.126 e. The molecule has 2 aromatic carbocycles. The van der Waals surface area contributed by atoms with E-state index in [4.69, 9.17) is 23.2 Å². The van der Waals surface area contributed by atoms with Crippen LogP contribution in [0.4, 0.5) is 10.1 Å². The van der Waals surface area contributed by atoms with Crippen LogP contribution < -0.4 is 5.32 Å². The molecule has 0 spiro atoms. The molecule has 0 heterocycles. The lowest BCUT2D eigenvalue weighted by atomic mass is 10.0. The van der Waals surface area contributed by atoms with Crippen LogP contribution in [0.5, 0.6) is 0 Å². The third-order valence-electron chi connectivity index (χ3n) is 3.53. The second-order valence-electron chi connectivity index (χ2n) is 5.07. The Hall–Kier alpha value is -1.25. The Labute approximate surface area is 127 Å². The van der Waals surface area contributed by atoms with Gasteiger partial charge in [-0.15, -0.1) is 0 Å². The van der Waals surface area contributed by atoms with Crippen LogP contribution in [0, 0.1) is 5.82 Å². The van der Waals surface area contributed by atoms with Gasteiger partial charge in [0, 0.05) is 6.54 Å². The molecule has 1 aliphatic rings. The number of nitrogens with one attached hydrogen (secondary N) is 1. The predicted octanol–water partition coefficient (Wildman–Crippen LogP) is 5.62. The van der Waals surface area contributed by atoms with E-state index in [0.29, 0.717) is 28.2 Å². The molecule has 3 rings (SSSR count). The molecule has 0 aromatic heterocycles. The summed E-state index contributed by atoms with van der Waals surface area (Å²) in [7, 11) is 0. The van der Waals surface area contributed by atoms with Crippen LogP contribution >= 0.6 is 23.2 Å². The van der Waals surface area contributed by atoms with Crippen molar-refractivity contribution in [2.45, 2.75) is 25.3 Å². The number of benzene rings is 2. The lowest BCUT2D eigenvalue weighted by Crippen LogP contribution is -2.03. The van der Waals surface area contributed by atoms with Gasteiger partial charge in [-0.3, -0.25) is 0 Å². The predicted molar refractivity (Wildman–Crippen MR) is 82.2 cm³/mol. The molecule has 0 saturated heterocycles. The van der Waals surface area contributed by atoms with Crippen molar-refractivity contribution in [3.05, 3.63) is 63.4 Å². The van der Waals surface area contributed by atoms with Crippen LogP contribution in [0.1, 0.15) is 29.9 Å². The Morgan fingerprint density at radius 2 is 1.75 bits per heavy atom. The van der Waals surface area contributed by atoms with Gasteiger partial charge in [-0.2, -0.15) is 0 Å². The van der Waals surface area contributed by atoms with Crippen LogP contribution in [0.3, 0.4) is 0 Å². The first-order valence-corrected chi connectivity index (χ1v) is 7.37. The Morgan fingerprint density at radius 3 is 2.40 bits per heavy atom. The number of anilines is 1. The van der Waals surface area contributed by atoms with Gasteiger partial charge in [-0.1, -0.05) is 47.5 Å². The van der Waals surface area contributed by atoms with E-state index >= 15 is 0 Å². The van der Waals surface area contributed by atoms with E-state index in [1.165, 1.54) is 36.1 Å². The molecular weight excluding hydrogens is 296 g/mol. The van der Waals surface area contributed by atoms with Crippen molar-refractivity contribution in [2.75, 3.05) is 5.32 Å². The SMILES string of the molecule is Fc1cc(Cl)c(NCc2ccccc2C2CC2)c(Cl)c1. The standard InChI is InChI=1S/C16H14Cl2FN/c17-14-7-12(19)8-15(18)16(14)20-9-11-3-1-2-4-13(11)10-5-6-10/h1-4,7-8,10,20H,5-6,9H2. The van der Waals surface area contributed by atoms with Crippen LogP contribution in [-0.4, -0.2) is 0 Å². The van der Waals surface area contributed by atoms with E-state index in [1.54, 1.807) is 0 Å². The van der Waals surface area contributed by atoms with Gasteiger partial charge in [0.15, 0.2) is 0 Å². The highest BCUT2D eigenvalue weighted by Crippen LogP contribution is 2.42. The molecule has 1 saturated carbocycles. The van der Waals surface area contributed by atoms with Crippen molar-refractivity contribution in [2.24, 2.45) is 0 Å². The summed E-state index contributed by atoms with van der Waals surface area (Å²) < 4.78 is 13.2. The summed E-state index contributed by atoms with van der Waals surface area (Å²) >= 11 is 12.1. The van der Waals surface area contributed by atoms with Gasteiger partial charge >= 0.3 is 0 Å². The first-order valence-electron chi connectivity index (χ1n) is 6.61. The van der Waals surface area contributed by atoms with Crippen molar-refractivity contribution in [3.63, 3.8) is 0 Å². The number of hydrogen-bond donors (Lipinski definition) is 1. The van der Waals surface area contributed by atoms with Gasteiger partial charge in [0.05, 0.1) is 15.7 Å². The molecule has 2 aromatic rings. The molecule has 104 valence electrons. The van der Waals surface area contributed by atoms with Crippen molar-refractivity contribution in [1.82, 2.24) is 0 Å². The maximum atomic E-state index is 13.2. The number of rotatable bonds is 4. The van der Waals surface area contributed by atoms with Crippen LogP contribution in [0.15, 0.2) is 36.4 Å². The van der Waals surface area contributed by atoms with E-state index in [-0.39, 0.29) is 0 Å². The van der Waals surface area contributed by atoms with Gasteiger partial charge in [0.25, 0.3) is 0 Å². The van der Waals surface area contributed by atoms with Crippen molar-refractivity contribution in [1.29, 1.82) is 0 Å². The fourth-order valence-corrected chi connectivity index (χ4v) is 2.98. The minimum absolute atomic E-state index is 0.305. The lowest BCUT2D eigenvalue weighted by molar-refractivity contribution is 0.628. The monoisotopic (exact) mass is 309 g/mol. The Bertz CT molecular complexity index is 615. The minimum atomic E-state index is -0.427. The van der Waals surface area contributed by atoms with Gasteiger partial charge in [0.1, 0.15) is 5.82 Å². The van der Waals surface area contributed by atoms with Crippen molar-refractivity contribution >= 4 is 28.9 Å². The Balaban J connectivity index is 1.80. The highest BCUT2D eigenvalue weighted by Gasteiger charge is 2.25. The van der Waals surface area contributed by atoms with Gasteiger partial charge in [-0.25, -0.2) is 4.39 Å². The topological polar surface area (TPSA) is 12.0 Å². The summed E-state index contributed by atoms with van der Waals surface area (Å²) in [6.07, 6.45) is 2.52. The molecule has 0 unspecified atom stereocenters. The first-order chi connectivity index (χ1) is 9.65. The zero-order chi connectivity index (χ0) is 14.1. The first kappa shape index (κ1) is 13.7. The fourth-order valence-electron chi connectivity index (χ4n) is 2.38. The quantitative estimate of drug-likeness (QED) is 0.772. The van der Waals surface area contributed by atoms with E-state index in [1.807, 2.05) is 6.07 Å². The second kappa shape index (κ2) is 5.63. The summed E-state index contributed by atoms with van der Waals surface area (Å²) in [5.41, 5.74) is 3.21. The molecule has 1 aliphatic carbocycles. The van der Waals surface area contributed by atoms with Crippen molar-refractivity contribution in [3.8, 4) is 0 Å². The average Bonchev–Trinajstić information content (AvgIpc) is 3.22. The summed E-state index contributed by atoms with van der Waals surface area (Å²) in [4.78, 5) is 0. The normalized spacial score (nSPS) is 14.3. The molecule has 1 nitrogen and oxygen atoms in total. The summed E-state index contributed by atoms with van der Waals surface area (Å²) in [6, 6.07) is 10.9. The average molecular weight is 310 g/mol. The minimum Gasteiger partial charge on any atom is -0.379 e. The molecule has 0 bridgehead atoms. The van der Waals surface area contributed by atoms with Crippen LogP contribution in [0.25, 0.3) is 0 Å². The highest BCUT2D eigenvalue weighted by atomic mass is 35.5. The molecule has 0 radical (unpaired) electrons. The maximum absolute atomic E-state index is 13.2. The molecule has 1 N–H and O–H groups in total. The van der Waals surface area contributed by atoms with Gasteiger partial charge in [-0.05, 0) is 42.0 Å². The molecule has 20 heavy (non-hydrogen) atoms. The summed E-state index contributed by atoms with van der Waals surface area (Å²) in [5, 5.41) is 3.83. The van der Waals surface area contributed by atoms with E-state index in [9.17, 15) is 4.39 Å². The Morgan fingerprint density at radius 1 is 1.10 bits per heavy atom. The molecule has 1 fully saturated rings. The highest BCUT2D eigenvalue weighted by molar-refractivity contribution is 6.39. The van der Waals surface area contributed by atoms with E-state index in [2.05, 4.69) is 23.5 Å². The second-order valence-corrected chi connectivity index (χ2v) is 5.89.